The van der Waals surface area contributed by atoms with Gasteiger partial charge in [-0.1, -0.05) is 127 Å². The lowest BCUT2D eigenvalue weighted by Gasteiger charge is -2.11. The SMILES string of the molecule is c1ccc(-c2nc(-c3cccc4oc5c(-n6c7ccccc7c7ccccc76)cccc5c34)nc(-n3c4ccccc4c4ccccc43)n2)cc1. The van der Waals surface area contributed by atoms with Crippen LogP contribution >= 0.6 is 0 Å². The van der Waals surface area contributed by atoms with Crippen molar-refractivity contribution in [3.8, 4) is 34.4 Å². The van der Waals surface area contributed by atoms with E-state index in [1.165, 1.54) is 10.8 Å². The molecule has 0 aliphatic carbocycles. The lowest BCUT2D eigenvalue weighted by atomic mass is 10.0. The van der Waals surface area contributed by atoms with Gasteiger partial charge in [0, 0.05) is 43.4 Å². The van der Waals surface area contributed by atoms with Crippen molar-refractivity contribution in [2.75, 3.05) is 0 Å². The summed E-state index contributed by atoms with van der Waals surface area (Å²) in [5, 5.41) is 6.68. The zero-order valence-corrected chi connectivity index (χ0v) is 27.2. The number of nitrogens with zero attached hydrogens (tertiary/aromatic N) is 5. The summed E-state index contributed by atoms with van der Waals surface area (Å²) in [5.41, 5.74) is 8.71. The van der Waals surface area contributed by atoms with Gasteiger partial charge in [0.2, 0.25) is 5.95 Å². The van der Waals surface area contributed by atoms with Crippen molar-refractivity contribution in [2.24, 2.45) is 0 Å². The molecule has 6 heteroatoms. The van der Waals surface area contributed by atoms with Crippen molar-refractivity contribution >= 4 is 65.6 Å². The van der Waals surface area contributed by atoms with E-state index in [-0.39, 0.29) is 0 Å². The van der Waals surface area contributed by atoms with Crippen LogP contribution in [-0.4, -0.2) is 24.1 Å². The van der Waals surface area contributed by atoms with Crippen molar-refractivity contribution in [2.45, 2.75) is 0 Å². The van der Waals surface area contributed by atoms with E-state index in [1.807, 2.05) is 42.5 Å². The first kappa shape index (κ1) is 27.9. The molecule has 4 heterocycles. The molecule has 0 fully saturated rings. The highest BCUT2D eigenvalue weighted by Gasteiger charge is 2.22. The number of rotatable bonds is 4. The van der Waals surface area contributed by atoms with Gasteiger partial charge >= 0.3 is 0 Å². The Kier molecular flexibility index (Phi) is 5.86. The zero-order chi connectivity index (χ0) is 33.5. The second-order valence-corrected chi connectivity index (χ2v) is 12.8. The van der Waals surface area contributed by atoms with E-state index in [0.717, 1.165) is 71.6 Å². The molecule has 0 bridgehead atoms. The maximum atomic E-state index is 6.80. The van der Waals surface area contributed by atoms with Crippen LogP contribution < -0.4 is 0 Å². The standard InChI is InChI=1S/C45H27N5O/c1-2-14-28(15-3-1)43-46-44(48-45(47-43)50-37-24-10-6-18-31(37)32-19-7-11-25-38(32)50)34-21-13-27-40-41(34)33-20-12-26-39(42(33)51-40)49-35-22-8-4-16-29(35)30-17-5-9-23-36(30)49/h1-27H. The maximum Gasteiger partial charge on any atom is 0.238 e. The molecule has 7 aromatic carbocycles. The second-order valence-electron chi connectivity index (χ2n) is 12.8. The zero-order valence-electron chi connectivity index (χ0n) is 27.2. The fourth-order valence-corrected chi connectivity index (χ4v) is 7.82. The topological polar surface area (TPSA) is 61.7 Å². The number of benzene rings is 7. The van der Waals surface area contributed by atoms with Crippen molar-refractivity contribution in [1.29, 1.82) is 0 Å². The molecule has 0 spiro atoms. The minimum Gasteiger partial charge on any atom is -0.454 e. The molecule has 0 aliphatic rings. The Bertz CT molecular complexity index is 3040. The van der Waals surface area contributed by atoms with Gasteiger partial charge in [-0.05, 0) is 36.4 Å². The van der Waals surface area contributed by atoms with Gasteiger partial charge < -0.3 is 8.98 Å². The number of aromatic nitrogens is 5. The van der Waals surface area contributed by atoms with Crippen LogP contribution in [-0.2, 0) is 0 Å². The third kappa shape index (κ3) is 4.07. The molecule has 0 unspecified atom stereocenters. The predicted molar refractivity (Wildman–Crippen MR) is 207 cm³/mol. The van der Waals surface area contributed by atoms with Gasteiger partial charge in [0.1, 0.15) is 5.58 Å². The van der Waals surface area contributed by atoms with Crippen LogP contribution in [0.2, 0.25) is 0 Å². The minimum atomic E-state index is 0.562. The Morgan fingerprint density at radius 1 is 0.392 bits per heavy atom. The molecule has 4 aromatic heterocycles. The van der Waals surface area contributed by atoms with Gasteiger partial charge in [-0.2, -0.15) is 9.97 Å². The van der Waals surface area contributed by atoms with Gasteiger partial charge in [-0.25, -0.2) is 4.98 Å². The lowest BCUT2D eigenvalue weighted by molar-refractivity contribution is 0.666. The molecule has 0 atom stereocenters. The number of para-hydroxylation sites is 5. The molecule has 51 heavy (non-hydrogen) atoms. The number of hydrogen-bond acceptors (Lipinski definition) is 4. The first-order chi connectivity index (χ1) is 25.3. The second kappa shape index (κ2) is 10.7. The summed E-state index contributed by atoms with van der Waals surface area (Å²) in [5.74, 6) is 1.75. The number of furan rings is 1. The van der Waals surface area contributed by atoms with E-state index >= 15 is 0 Å². The molecule has 0 saturated carbocycles. The van der Waals surface area contributed by atoms with E-state index in [9.17, 15) is 0 Å². The quantitative estimate of drug-likeness (QED) is 0.190. The van der Waals surface area contributed by atoms with Crippen molar-refractivity contribution in [3.63, 3.8) is 0 Å². The maximum absolute atomic E-state index is 6.80. The van der Waals surface area contributed by atoms with Gasteiger partial charge in [-0.3, -0.25) is 4.57 Å². The minimum absolute atomic E-state index is 0.562. The van der Waals surface area contributed by atoms with E-state index in [2.05, 4.69) is 130 Å². The summed E-state index contributed by atoms with van der Waals surface area (Å²) >= 11 is 0. The van der Waals surface area contributed by atoms with Crippen LogP contribution in [0.3, 0.4) is 0 Å². The van der Waals surface area contributed by atoms with Crippen LogP contribution in [0.5, 0.6) is 0 Å². The monoisotopic (exact) mass is 653 g/mol. The normalized spacial score (nSPS) is 11.9. The summed E-state index contributed by atoms with van der Waals surface area (Å²) in [4.78, 5) is 15.5. The van der Waals surface area contributed by atoms with Gasteiger partial charge in [0.25, 0.3) is 0 Å². The molecule has 238 valence electrons. The largest absolute Gasteiger partial charge is 0.454 e. The smallest absolute Gasteiger partial charge is 0.238 e. The fourth-order valence-electron chi connectivity index (χ4n) is 7.82. The third-order valence-electron chi connectivity index (χ3n) is 10.00. The first-order valence-electron chi connectivity index (χ1n) is 17.0. The van der Waals surface area contributed by atoms with Crippen LogP contribution in [0.25, 0.3) is 100.0 Å². The first-order valence-corrected chi connectivity index (χ1v) is 17.0. The van der Waals surface area contributed by atoms with E-state index in [1.54, 1.807) is 0 Å². The van der Waals surface area contributed by atoms with Gasteiger partial charge in [0.15, 0.2) is 17.2 Å². The molecule has 11 rings (SSSR count). The van der Waals surface area contributed by atoms with Crippen molar-refractivity contribution in [1.82, 2.24) is 24.1 Å². The highest BCUT2D eigenvalue weighted by atomic mass is 16.3. The van der Waals surface area contributed by atoms with E-state index < -0.39 is 0 Å². The van der Waals surface area contributed by atoms with Crippen LogP contribution in [0.1, 0.15) is 0 Å². The molecule has 0 saturated heterocycles. The molecular weight excluding hydrogens is 627 g/mol. The highest BCUT2D eigenvalue weighted by Crippen LogP contribution is 2.41. The molecule has 0 radical (unpaired) electrons. The number of hydrogen-bond donors (Lipinski definition) is 0. The Morgan fingerprint density at radius 3 is 1.53 bits per heavy atom. The molecule has 0 N–H and O–H groups in total. The van der Waals surface area contributed by atoms with Crippen LogP contribution in [0, 0.1) is 0 Å². The van der Waals surface area contributed by atoms with Crippen LogP contribution in [0.4, 0.5) is 0 Å². The summed E-state index contributed by atoms with van der Waals surface area (Å²) in [6.07, 6.45) is 0. The Balaban J connectivity index is 1.20. The molecule has 0 amide bonds. The highest BCUT2D eigenvalue weighted by molar-refractivity contribution is 6.16. The summed E-state index contributed by atoms with van der Waals surface area (Å²) in [6.45, 7) is 0. The Labute approximate surface area is 291 Å². The van der Waals surface area contributed by atoms with E-state index in [4.69, 9.17) is 19.4 Å². The molecule has 0 aliphatic heterocycles. The fraction of sp³-hybridized carbons (Fsp3) is 0. The molecular formula is C45H27N5O. The van der Waals surface area contributed by atoms with E-state index in [0.29, 0.717) is 17.6 Å². The average molecular weight is 654 g/mol. The average Bonchev–Trinajstić information content (AvgIpc) is 3.86. The molecule has 6 nitrogen and oxygen atoms in total. The van der Waals surface area contributed by atoms with Gasteiger partial charge in [0.05, 0.1) is 27.8 Å². The predicted octanol–water partition coefficient (Wildman–Crippen LogP) is 11.3. The lowest BCUT2D eigenvalue weighted by Crippen LogP contribution is -2.06. The Hall–Kier alpha value is -7.05. The summed E-state index contributed by atoms with van der Waals surface area (Å²) in [7, 11) is 0. The molecule has 11 aromatic rings. The van der Waals surface area contributed by atoms with Crippen molar-refractivity contribution < 1.29 is 4.42 Å². The summed E-state index contributed by atoms with van der Waals surface area (Å²) in [6, 6.07) is 56.6. The third-order valence-corrected chi connectivity index (χ3v) is 10.00. The van der Waals surface area contributed by atoms with Crippen molar-refractivity contribution in [3.05, 3.63) is 164 Å². The summed E-state index contributed by atoms with van der Waals surface area (Å²) < 4.78 is 11.3. The van der Waals surface area contributed by atoms with Gasteiger partial charge in [-0.15, -0.1) is 0 Å². The van der Waals surface area contributed by atoms with Crippen LogP contribution in [0.15, 0.2) is 168 Å². The Morgan fingerprint density at radius 2 is 0.902 bits per heavy atom. The number of fused-ring (bicyclic) bond motifs is 9.